The zero-order valence-corrected chi connectivity index (χ0v) is 7.43. The van der Waals surface area contributed by atoms with E-state index in [1.807, 2.05) is 6.92 Å². The van der Waals surface area contributed by atoms with Gasteiger partial charge in [0.15, 0.2) is 0 Å². The molecule has 0 aliphatic rings. The molecule has 0 fully saturated rings. The number of hydrogen-bond donors (Lipinski definition) is 1. The van der Waals surface area contributed by atoms with Crippen LogP contribution in [0.2, 0.25) is 5.02 Å². The van der Waals surface area contributed by atoms with E-state index in [0.717, 1.165) is 12.2 Å². The Labute approximate surface area is 75.7 Å². The van der Waals surface area contributed by atoms with E-state index in [1.54, 1.807) is 18.2 Å². The molecular weight excluding hydrogens is 176 g/mol. The third-order valence-corrected chi connectivity index (χ3v) is 1.73. The molecular formula is C8H9ClN2O. The molecule has 0 saturated carbocycles. The molecule has 0 atom stereocenters. The number of benzene rings is 1. The number of nitroso groups, excluding NO2 is 1. The predicted molar refractivity (Wildman–Crippen MR) is 51.1 cm³/mol. The Balaban J connectivity index is 2.93. The zero-order valence-electron chi connectivity index (χ0n) is 6.67. The number of halogens is 1. The minimum Gasteiger partial charge on any atom is -0.385 e. The van der Waals surface area contributed by atoms with E-state index in [-0.39, 0.29) is 5.69 Å². The number of anilines is 1. The summed E-state index contributed by atoms with van der Waals surface area (Å²) in [5.41, 5.74) is 1.17. The molecule has 0 aliphatic heterocycles. The maximum atomic E-state index is 10.1. The summed E-state index contributed by atoms with van der Waals surface area (Å²) < 4.78 is 0. The van der Waals surface area contributed by atoms with Crippen molar-refractivity contribution in [3.8, 4) is 0 Å². The summed E-state index contributed by atoms with van der Waals surface area (Å²) in [6, 6.07) is 5.04. The molecule has 0 unspecified atom stereocenters. The van der Waals surface area contributed by atoms with Crippen LogP contribution in [-0.2, 0) is 0 Å². The number of rotatable bonds is 3. The van der Waals surface area contributed by atoms with Gasteiger partial charge in [0.05, 0.1) is 5.02 Å². The normalized spacial score (nSPS) is 9.50. The molecule has 3 nitrogen and oxygen atoms in total. The van der Waals surface area contributed by atoms with Crippen molar-refractivity contribution < 1.29 is 0 Å². The highest BCUT2D eigenvalue weighted by molar-refractivity contribution is 6.33. The van der Waals surface area contributed by atoms with Crippen molar-refractivity contribution >= 4 is 23.0 Å². The Morgan fingerprint density at radius 2 is 2.33 bits per heavy atom. The molecule has 0 saturated heterocycles. The van der Waals surface area contributed by atoms with Crippen LogP contribution in [0.1, 0.15) is 6.92 Å². The standard InChI is InChI=1S/C8H9ClN2O/c1-2-10-6-3-4-8(11-12)7(9)5-6/h3-5,10H,2H2,1H3. The van der Waals surface area contributed by atoms with E-state index < -0.39 is 0 Å². The van der Waals surface area contributed by atoms with Gasteiger partial charge in [-0.05, 0) is 30.3 Å². The summed E-state index contributed by atoms with van der Waals surface area (Å²) in [6.45, 7) is 2.81. The summed E-state index contributed by atoms with van der Waals surface area (Å²) in [6.07, 6.45) is 0. The summed E-state index contributed by atoms with van der Waals surface area (Å²) in [4.78, 5) is 10.1. The van der Waals surface area contributed by atoms with Gasteiger partial charge in [0.1, 0.15) is 5.69 Å². The lowest BCUT2D eigenvalue weighted by molar-refractivity contribution is 1.21. The molecule has 4 heteroatoms. The third-order valence-electron chi connectivity index (χ3n) is 1.43. The second-order valence-corrected chi connectivity index (χ2v) is 2.70. The largest absolute Gasteiger partial charge is 0.385 e. The highest BCUT2D eigenvalue weighted by Gasteiger charge is 2.00. The topological polar surface area (TPSA) is 41.5 Å². The molecule has 0 spiro atoms. The van der Waals surface area contributed by atoms with Crippen molar-refractivity contribution in [1.82, 2.24) is 0 Å². The Hall–Kier alpha value is -1.09. The third kappa shape index (κ3) is 1.95. The second kappa shape index (κ2) is 4.07. The number of nitrogens with one attached hydrogen (secondary N) is 1. The Kier molecular flexibility index (Phi) is 3.05. The fourth-order valence-electron chi connectivity index (χ4n) is 0.895. The Morgan fingerprint density at radius 1 is 1.58 bits per heavy atom. The molecule has 64 valence electrons. The van der Waals surface area contributed by atoms with Gasteiger partial charge < -0.3 is 5.32 Å². The lowest BCUT2D eigenvalue weighted by Gasteiger charge is -2.02. The van der Waals surface area contributed by atoms with E-state index in [4.69, 9.17) is 11.6 Å². The van der Waals surface area contributed by atoms with E-state index in [1.165, 1.54) is 0 Å². The maximum absolute atomic E-state index is 10.1. The molecule has 0 amide bonds. The average molecular weight is 185 g/mol. The molecule has 1 aromatic rings. The molecule has 1 aromatic carbocycles. The molecule has 1 rings (SSSR count). The van der Waals surface area contributed by atoms with Crippen molar-refractivity contribution in [2.75, 3.05) is 11.9 Å². The van der Waals surface area contributed by atoms with E-state index in [2.05, 4.69) is 10.5 Å². The molecule has 0 bridgehead atoms. The van der Waals surface area contributed by atoms with E-state index in [9.17, 15) is 4.91 Å². The Morgan fingerprint density at radius 3 is 2.83 bits per heavy atom. The van der Waals surface area contributed by atoms with Crippen LogP contribution >= 0.6 is 11.6 Å². The monoisotopic (exact) mass is 184 g/mol. The molecule has 12 heavy (non-hydrogen) atoms. The first-order valence-corrected chi connectivity index (χ1v) is 4.02. The quantitative estimate of drug-likeness (QED) is 0.734. The van der Waals surface area contributed by atoms with Crippen molar-refractivity contribution in [3.63, 3.8) is 0 Å². The van der Waals surface area contributed by atoms with Crippen LogP contribution in [0.25, 0.3) is 0 Å². The van der Waals surface area contributed by atoms with Crippen LogP contribution in [0, 0.1) is 4.91 Å². The minimum atomic E-state index is 0.276. The highest BCUT2D eigenvalue weighted by atomic mass is 35.5. The van der Waals surface area contributed by atoms with Gasteiger partial charge in [0, 0.05) is 12.2 Å². The molecule has 0 radical (unpaired) electrons. The van der Waals surface area contributed by atoms with E-state index >= 15 is 0 Å². The molecule has 0 aromatic heterocycles. The van der Waals surface area contributed by atoms with Crippen LogP contribution < -0.4 is 5.32 Å². The smallest absolute Gasteiger partial charge is 0.126 e. The SMILES string of the molecule is CCNc1ccc(N=O)c(Cl)c1. The zero-order chi connectivity index (χ0) is 8.97. The first-order valence-electron chi connectivity index (χ1n) is 3.64. The fraction of sp³-hybridized carbons (Fsp3) is 0.250. The van der Waals surface area contributed by atoms with Crippen LogP contribution in [0.5, 0.6) is 0 Å². The molecule has 0 heterocycles. The van der Waals surface area contributed by atoms with Gasteiger partial charge in [-0.2, -0.15) is 0 Å². The summed E-state index contributed by atoms with van der Waals surface area (Å²) in [7, 11) is 0. The van der Waals surface area contributed by atoms with Crippen LogP contribution in [0.4, 0.5) is 11.4 Å². The summed E-state index contributed by atoms with van der Waals surface area (Å²) in [5.74, 6) is 0. The Bertz CT molecular complexity index is 288. The predicted octanol–water partition coefficient (Wildman–Crippen LogP) is 3.17. The van der Waals surface area contributed by atoms with Crippen molar-refractivity contribution in [2.45, 2.75) is 6.92 Å². The van der Waals surface area contributed by atoms with Gasteiger partial charge >= 0.3 is 0 Å². The first-order chi connectivity index (χ1) is 5.77. The highest BCUT2D eigenvalue weighted by Crippen LogP contribution is 2.27. The average Bonchev–Trinajstić information content (AvgIpc) is 2.05. The van der Waals surface area contributed by atoms with Gasteiger partial charge in [0.25, 0.3) is 0 Å². The number of nitrogens with zero attached hydrogens (tertiary/aromatic N) is 1. The summed E-state index contributed by atoms with van der Waals surface area (Å²) in [5, 5.41) is 6.21. The van der Waals surface area contributed by atoms with Crippen LogP contribution in [0.3, 0.4) is 0 Å². The van der Waals surface area contributed by atoms with Gasteiger partial charge in [-0.15, -0.1) is 4.91 Å². The molecule has 1 N–H and O–H groups in total. The fourth-order valence-corrected chi connectivity index (χ4v) is 1.11. The van der Waals surface area contributed by atoms with E-state index in [0.29, 0.717) is 5.02 Å². The van der Waals surface area contributed by atoms with Crippen molar-refractivity contribution in [2.24, 2.45) is 5.18 Å². The van der Waals surface area contributed by atoms with Gasteiger partial charge in [-0.3, -0.25) is 0 Å². The number of hydrogen-bond acceptors (Lipinski definition) is 3. The lowest BCUT2D eigenvalue weighted by Crippen LogP contribution is -1.95. The first kappa shape index (κ1) is 9.00. The van der Waals surface area contributed by atoms with Crippen molar-refractivity contribution in [3.05, 3.63) is 28.1 Å². The maximum Gasteiger partial charge on any atom is 0.126 e. The van der Waals surface area contributed by atoms with Crippen molar-refractivity contribution in [1.29, 1.82) is 0 Å². The minimum absolute atomic E-state index is 0.276. The molecule has 0 aliphatic carbocycles. The van der Waals surface area contributed by atoms with Gasteiger partial charge in [0.2, 0.25) is 0 Å². The second-order valence-electron chi connectivity index (χ2n) is 2.29. The lowest BCUT2D eigenvalue weighted by atomic mass is 10.3. The van der Waals surface area contributed by atoms with Crippen LogP contribution in [0.15, 0.2) is 23.4 Å². The van der Waals surface area contributed by atoms with Gasteiger partial charge in [-0.1, -0.05) is 11.6 Å². The summed E-state index contributed by atoms with van der Waals surface area (Å²) >= 11 is 5.73. The van der Waals surface area contributed by atoms with Gasteiger partial charge in [-0.25, -0.2) is 0 Å². The van der Waals surface area contributed by atoms with Crippen LogP contribution in [-0.4, -0.2) is 6.54 Å².